The average Bonchev–Trinajstić information content (AvgIpc) is 2.66. The summed E-state index contributed by atoms with van der Waals surface area (Å²) in [6.07, 6.45) is 25.5. The second kappa shape index (κ2) is 12.0. The van der Waals surface area contributed by atoms with E-state index < -0.39 is 0 Å². The van der Waals surface area contributed by atoms with Gasteiger partial charge in [0.1, 0.15) is 0 Å². The second-order valence-corrected chi connectivity index (χ2v) is 9.13. The Hall–Kier alpha value is -0.440. The van der Waals surface area contributed by atoms with Crippen LogP contribution in [0.25, 0.3) is 0 Å². The standard InChI is InChI=1S/C25H44/c1-3-5-7-8-10-13-23-14-16-24(17-15-23)18-22-25(19-6-4-2)20-11-9-12-21-25/h23-24H,3-17,19-21H2,1-2H3. The molecule has 0 heterocycles. The smallest absolute Gasteiger partial charge is 0.0314 e. The maximum Gasteiger partial charge on any atom is 0.0314 e. The lowest BCUT2D eigenvalue weighted by Gasteiger charge is -2.33. The molecule has 0 aromatic heterocycles. The highest BCUT2D eigenvalue weighted by Gasteiger charge is 2.29. The molecule has 2 rings (SSSR count). The molecule has 0 aromatic carbocycles. The van der Waals surface area contributed by atoms with Crippen molar-refractivity contribution in [3.63, 3.8) is 0 Å². The third-order valence-corrected chi connectivity index (χ3v) is 6.92. The first-order valence-electron chi connectivity index (χ1n) is 11.8. The van der Waals surface area contributed by atoms with E-state index in [0.29, 0.717) is 5.41 Å². The topological polar surface area (TPSA) is 0 Å². The molecule has 25 heavy (non-hydrogen) atoms. The molecule has 2 aliphatic rings. The summed E-state index contributed by atoms with van der Waals surface area (Å²) in [6, 6.07) is 0. The lowest BCUT2D eigenvalue weighted by atomic mass is 9.71. The highest BCUT2D eigenvalue weighted by molar-refractivity contribution is 5.15. The second-order valence-electron chi connectivity index (χ2n) is 9.13. The lowest BCUT2D eigenvalue weighted by Crippen LogP contribution is -2.23. The molecule has 0 radical (unpaired) electrons. The van der Waals surface area contributed by atoms with E-state index in [0.717, 1.165) is 11.8 Å². The normalized spacial score (nSPS) is 26.0. The predicted molar refractivity (Wildman–Crippen MR) is 112 cm³/mol. The minimum absolute atomic E-state index is 0.407. The number of unbranched alkanes of at least 4 members (excludes halogenated alkanes) is 5. The van der Waals surface area contributed by atoms with Crippen LogP contribution in [0.15, 0.2) is 0 Å². The maximum atomic E-state index is 3.87. The van der Waals surface area contributed by atoms with Crippen LogP contribution >= 0.6 is 0 Å². The third kappa shape index (κ3) is 7.76. The fourth-order valence-corrected chi connectivity index (χ4v) is 5.07. The van der Waals surface area contributed by atoms with E-state index in [1.54, 1.807) is 0 Å². The van der Waals surface area contributed by atoms with Gasteiger partial charge < -0.3 is 0 Å². The Balaban J connectivity index is 1.72. The molecule has 0 heteroatoms. The van der Waals surface area contributed by atoms with Gasteiger partial charge in [-0.25, -0.2) is 0 Å². The third-order valence-electron chi connectivity index (χ3n) is 6.92. The van der Waals surface area contributed by atoms with Gasteiger partial charge in [-0.05, 0) is 50.9 Å². The summed E-state index contributed by atoms with van der Waals surface area (Å²) in [5.41, 5.74) is 0.407. The molecular formula is C25H44. The molecule has 0 aliphatic heterocycles. The lowest BCUT2D eigenvalue weighted by molar-refractivity contribution is 0.245. The summed E-state index contributed by atoms with van der Waals surface area (Å²) < 4.78 is 0. The molecule has 0 N–H and O–H groups in total. The van der Waals surface area contributed by atoms with Gasteiger partial charge in [0, 0.05) is 11.3 Å². The summed E-state index contributed by atoms with van der Waals surface area (Å²) in [6.45, 7) is 4.63. The van der Waals surface area contributed by atoms with Crippen LogP contribution in [-0.4, -0.2) is 0 Å². The zero-order valence-electron chi connectivity index (χ0n) is 17.4. The van der Waals surface area contributed by atoms with Crippen LogP contribution in [0.5, 0.6) is 0 Å². The quantitative estimate of drug-likeness (QED) is 0.291. The summed E-state index contributed by atoms with van der Waals surface area (Å²) in [7, 11) is 0. The monoisotopic (exact) mass is 344 g/mol. The van der Waals surface area contributed by atoms with Crippen molar-refractivity contribution in [3.05, 3.63) is 0 Å². The molecule has 144 valence electrons. The van der Waals surface area contributed by atoms with E-state index in [9.17, 15) is 0 Å². The molecule has 0 bridgehead atoms. The van der Waals surface area contributed by atoms with Crippen LogP contribution in [0.2, 0.25) is 0 Å². The average molecular weight is 345 g/mol. The van der Waals surface area contributed by atoms with Crippen LogP contribution in [-0.2, 0) is 0 Å². The Labute approximate surface area is 158 Å². The number of hydrogen-bond donors (Lipinski definition) is 0. The van der Waals surface area contributed by atoms with Crippen molar-refractivity contribution in [3.8, 4) is 11.8 Å². The fourth-order valence-electron chi connectivity index (χ4n) is 5.07. The minimum Gasteiger partial charge on any atom is -0.0993 e. The zero-order valence-corrected chi connectivity index (χ0v) is 17.4. The van der Waals surface area contributed by atoms with Crippen molar-refractivity contribution >= 4 is 0 Å². The molecular weight excluding hydrogens is 300 g/mol. The van der Waals surface area contributed by atoms with Crippen molar-refractivity contribution in [2.24, 2.45) is 17.3 Å². The first-order valence-corrected chi connectivity index (χ1v) is 11.8. The van der Waals surface area contributed by atoms with E-state index in [4.69, 9.17) is 0 Å². The van der Waals surface area contributed by atoms with Gasteiger partial charge in [-0.1, -0.05) is 96.3 Å². The largest absolute Gasteiger partial charge is 0.0993 e. The first kappa shape index (κ1) is 20.9. The van der Waals surface area contributed by atoms with E-state index in [1.807, 2.05) is 0 Å². The van der Waals surface area contributed by atoms with Crippen molar-refractivity contribution in [2.75, 3.05) is 0 Å². The minimum atomic E-state index is 0.407. The van der Waals surface area contributed by atoms with E-state index in [-0.39, 0.29) is 0 Å². The van der Waals surface area contributed by atoms with Crippen molar-refractivity contribution < 1.29 is 0 Å². The highest BCUT2D eigenvalue weighted by atomic mass is 14.3. The first-order chi connectivity index (χ1) is 12.3. The summed E-state index contributed by atoms with van der Waals surface area (Å²) in [4.78, 5) is 0. The molecule has 2 aliphatic carbocycles. The molecule has 0 aromatic rings. The van der Waals surface area contributed by atoms with Crippen molar-refractivity contribution in [1.82, 2.24) is 0 Å². The van der Waals surface area contributed by atoms with Crippen LogP contribution in [0.1, 0.15) is 129 Å². The molecule has 0 nitrogen and oxygen atoms in total. The van der Waals surface area contributed by atoms with Gasteiger partial charge in [0.05, 0.1) is 0 Å². The Morgan fingerprint density at radius 3 is 2.12 bits per heavy atom. The van der Waals surface area contributed by atoms with E-state index in [2.05, 4.69) is 25.7 Å². The summed E-state index contributed by atoms with van der Waals surface area (Å²) in [5, 5.41) is 0. The number of hydrogen-bond acceptors (Lipinski definition) is 0. The van der Waals surface area contributed by atoms with Crippen molar-refractivity contribution in [1.29, 1.82) is 0 Å². The molecule has 0 unspecified atom stereocenters. The Morgan fingerprint density at radius 2 is 1.44 bits per heavy atom. The van der Waals surface area contributed by atoms with Gasteiger partial charge in [-0.3, -0.25) is 0 Å². The van der Waals surface area contributed by atoms with Gasteiger partial charge in [-0.15, -0.1) is 0 Å². The van der Waals surface area contributed by atoms with Gasteiger partial charge >= 0.3 is 0 Å². The van der Waals surface area contributed by atoms with Gasteiger partial charge in [0.25, 0.3) is 0 Å². The van der Waals surface area contributed by atoms with Gasteiger partial charge in [-0.2, -0.15) is 0 Å². The highest BCUT2D eigenvalue weighted by Crippen LogP contribution is 2.40. The van der Waals surface area contributed by atoms with Crippen LogP contribution in [0.3, 0.4) is 0 Å². The van der Waals surface area contributed by atoms with E-state index in [1.165, 1.54) is 116 Å². The maximum absolute atomic E-state index is 3.87. The van der Waals surface area contributed by atoms with Crippen molar-refractivity contribution in [2.45, 2.75) is 129 Å². The fraction of sp³-hybridized carbons (Fsp3) is 0.920. The Bertz CT molecular complexity index is 382. The van der Waals surface area contributed by atoms with Crippen LogP contribution in [0.4, 0.5) is 0 Å². The van der Waals surface area contributed by atoms with E-state index >= 15 is 0 Å². The molecule has 0 amide bonds. The number of rotatable bonds is 9. The molecule has 0 saturated heterocycles. The van der Waals surface area contributed by atoms with Crippen LogP contribution in [0, 0.1) is 29.1 Å². The Kier molecular flexibility index (Phi) is 10.0. The molecule has 2 saturated carbocycles. The van der Waals surface area contributed by atoms with Crippen LogP contribution < -0.4 is 0 Å². The van der Waals surface area contributed by atoms with Gasteiger partial charge in [0.2, 0.25) is 0 Å². The molecule has 0 spiro atoms. The molecule has 0 atom stereocenters. The zero-order chi connectivity index (χ0) is 17.8. The summed E-state index contributed by atoms with van der Waals surface area (Å²) in [5.74, 6) is 9.40. The van der Waals surface area contributed by atoms with Gasteiger partial charge in [0.15, 0.2) is 0 Å². The Morgan fingerprint density at radius 1 is 0.760 bits per heavy atom. The SMILES string of the molecule is CCCCCCCC1CCC(C#CC2(CCCC)CCCCC2)CC1. The summed E-state index contributed by atoms with van der Waals surface area (Å²) >= 11 is 0. The predicted octanol–water partition coefficient (Wildman–Crippen LogP) is 8.30. The molecule has 2 fully saturated rings.